The minimum absolute atomic E-state index is 0.0650. The number of rotatable bonds is 7. The number of carbonyl (C=O) groups is 1. The maximum Gasteiger partial charge on any atom is 0.246 e. The second-order valence-electron chi connectivity index (χ2n) is 11.5. The van der Waals surface area contributed by atoms with Gasteiger partial charge in [0.2, 0.25) is 5.91 Å². The van der Waals surface area contributed by atoms with Gasteiger partial charge in [0, 0.05) is 68.7 Å². The summed E-state index contributed by atoms with van der Waals surface area (Å²) in [6, 6.07) is 11.0. The highest BCUT2D eigenvalue weighted by atomic mass is 19.1. The highest BCUT2D eigenvalue weighted by Crippen LogP contribution is 2.42. The van der Waals surface area contributed by atoms with Crippen molar-refractivity contribution in [3.05, 3.63) is 84.8 Å². The first-order chi connectivity index (χ1) is 21.8. The number of halogens is 1. The van der Waals surface area contributed by atoms with Crippen molar-refractivity contribution in [3.63, 3.8) is 0 Å². The molecule has 0 radical (unpaired) electrons. The van der Waals surface area contributed by atoms with E-state index in [9.17, 15) is 4.79 Å². The molecule has 1 amide bonds. The molecule has 5 heterocycles. The third-order valence-corrected chi connectivity index (χ3v) is 8.08. The number of anilines is 3. The molecular weight excluding hydrogens is 575 g/mol. The number of aryl methyl sites for hydroxylation is 1. The van der Waals surface area contributed by atoms with E-state index in [0.29, 0.717) is 60.4 Å². The molecule has 2 aliphatic rings. The van der Waals surface area contributed by atoms with Crippen LogP contribution in [-0.4, -0.2) is 88.0 Å². The lowest BCUT2D eigenvalue weighted by atomic mass is 10.1. The van der Waals surface area contributed by atoms with Crippen LogP contribution in [0.3, 0.4) is 0 Å². The molecule has 11 nitrogen and oxygen atoms in total. The standard InChI is InChI=1S/C33H33FN8O3/c1-21-15-22(6-7-26(21)45-24-8-11-40-12-9-35-28(40)16-24)38-33-30-25(36-20-37-33)17-27-32(31(30)34)41-13-14-42(23(18-41)19-44-27)29(43)5-4-10-39(2)3/h4-9,11-12,15-17,20,23H,10,13-14,18-19H2,1-3H3,(H,36,37,38)/b5-4+/t23-/m0/s1. The molecule has 12 heteroatoms. The lowest BCUT2D eigenvalue weighted by Crippen LogP contribution is -2.56. The Morgan fingerprint density at radius 3 is 2.89 bits per heavy atom. The molecule has 2 aromatic carbocycles. The van der Waals surface area contributed by atoms with E-state index in [0.717, 1.165) is 16.9 Å². The van der Waals surface area contributed by atoms with Crippen LogP contribution < -0.4 is 19.7 Å². The lowest BCUT2D eigenvalue weighted by molar-refractivity contribution is -0.129. The number of nitrogens with one attached hydrogen (secondary N) is 1. The molecule has 2 aliphatic heterocycles. The maximum atomic E-state index is 16.5. The van der Waals surface area contributed by atoms with Gasteiger partial charge in [-0.15, -0.1) is 0 Å². The minimum atomic E-state index is -0.456. The van der Waals surface area contributed by atoms with Gasteiger partial charge >= 0.3 is 0 Å². The van der Waals surface area contributed by atoms with E-state index in [1.54, 1.807) is 18.3 Å². The molecule has 3 aromatic heterocycles. The number of ether oxygens (including phenoxy) is 2. The zero-order valence-electron chi connectivity index (χ0n) is 25.3. The summed E-state index contributed by atoms with van der Waals surface area (Å²) < 4.78 is 30.7. The fraction of sp³-hybridized carbons (Fsp3) is 0.273. The van der Waals surface area contributed by atoms with Gasteiger partial charge in [0.05, 0.1) is 16.9 Å². The van der Waals surface area contributed by atoms with Crippen LogP contribution in [0, 0.1) is 12.7 Å². The van der Waals surface area contributed by atoms with Gasteiger partial charge in [-0.3, -0.25) is 4.79 Å². The third-order valence-electron chi connectivity index (χ3n) is 8.08. The van der Waals surface area contributed by atoms with Crippen molar-refractivity contribution in [2.45, 2.75) is 13.0 Å². The molecule has 5 aromatic rings. The molecule has 0 unspecified atom stereocenters. The van der Waals surface area contributed by atoms with Crippen molar-refractivity contribution in [2.24, 2.45) is 0 Å². The van der Waals surface area contributed by atoms with Gasteiger partial charge in [-0.05, 0) is 50.8 Å². The molecule has 0 aliphatic carbocycles. The van der Waals surface area contributed by atoms with Gasteiger partial charge in [0.1, 0.15) is 47.3 Å². The molecule has 7 rings (SSSR count). The second kappa shape index (κ2) is 11.7. The highest BCUT2D eigenvalue weighted by Gasteiger charge is 2.36. The number of hydrogen-bond acceptors (Lipinski definition) is 9. The number of amides is 1. The first-order valence-corrected chi connectivity index (χ1v) is 14.8. The average molecular weight is 609 g/mol. The number of aromatic nitrogens is 4. The number of likely N-dealkylation sites (N-methyl/N-ethyl adjacent to an activating group) is 1. The zero-order chi connectivity index (χ0) is 31.1. The summed E-state index contributed by atoms with van der Waals surface area (Å²) in [5.74, 6) is 1.61. The van der Waals surface area contributed by atoms with Crippen LogP contribution in [0.4, 0.5) is 21.6 Å². The summed E-state index contributed by atoms with van der Waals surface area (Å²) in [7, 11) is 3.90. The zero-order valence-corrected chi connectivity index (χ0v) is 25.3. The summed E-state index contributed by atoms with van der Waals surface area (Å²) in [6.45, 7) is 4.30. The molecule has 0 saturated carbocycles. The van der Waals surface area contributed by atoms with Crippen molar-refractivity contribution >= 4 is 39.6 Å². The monoisotopic (exact) mass is 608 g/mol. The van der Waals surface area contributed by atoms with E-state index < -0.39 is 5.82 Å². The van der Waals surface area contributed by atoms with Gasteiger partial charge < -0.3 is 33.9 Å². The Hall–Kier alpha value is -5.23. The van der Waals surface area contributed by atoms with E-state index in [-0.39, 0.29) is 23.9 Å². The Morgan fingerprint density at radius 1 is 1.16 bits per heavy atom. The van der Waals surface area contributed by atoms with E-state index >= 15 is 4.39 Å². The number of nitrogens with zero attached hydrogens (tertiary/aromatic N) is 7. The Bertz CT molecular complexity index is 1940. The molecule has 0 spiro atoms. The molecule has 1 atom stereocenters. The van der Waals surface area contributed by atoms with Crippen molar-refractivity contribution in [2.75, 3.05) is 57.1 Å². The summed E-state index contributed by atoms with van der Waals surface area (Å²) in [4.78, 5) is 31.8. The largest absolute Gasteiger partial charge is 0.489 e. The Balaban J connectivity index is 1.13. The van der Waals surface area contributed by atoms with Crippen LogP contribution in [0.2, 0.25) is 0 Å². The van der Waals surface area contributed by atoms with Gasteiger partial charge in [-0.1, -0.05) is 6.08 Å². The number of fused-ring (bicyclic) bond motifs is 6. The molecule has 2 bridgehead atoms. The number of pyridine rings is 1. The summed E-state index contributed by atoms with van der Waals surface area (Å²) in [5, 5.41) is 3.56. The average Bonchev–Trinajstić information content (AvgIpc) is 3.44. The Morgan fingerprint density at radius 2 is 2.04 bits per heavy atom. The third kappa shape index (κ3) is 5.60. The van der Waals surface area contributed by atoms with Gasteiger partial charge in [-0.25, -0.2) is 19.3 Å². The van der Waals surface area contributed by atoms with Gasteiger partial charge in [0.15, 0.2) is 5.82 Å². The van der Waals surface area contributed by atoms with Gasteiger partial charge in [-0.2, -0.15) is 0 Å². The van der Waals surface area contributed by atoms with E-state index in [1.807, 2.05) is 88.9 Å². The predicted octanol–water partition coefficient (Wildman–Crippen LogP) is 4.79. The second-order valence-corrected chi connectivity index (χ2v) is 11.5. The topological polar surface area (TPSA) is 100 Å². The van der Waals surface area contributed by atoms with Crippen molar-refractivity contribution < 1.29 is 18.7 Å². The van der Waals surface area contributed by atoms with E-state index in [1.165, 1.54) is 6.33 Å². The number of hydrogen-bond donors (Lipinski definition) is 1. The lowest BCUT2D eigenvalue weighted by Gasteiger charge is -2.39. The summed E-state index contributed by atoms with van der Waals surface area (Å²) >= 11 is 0. The molecule has 1 saturated heterocycles. The van der Waals surface area contributed by atoms with Crippen LogP contribution in [0.15, 0.2) is 73.5 Å². The van der Waals surface area contributed by atoms with Crippen LogP contribution in [0.5, 0.6) is 17.2 Å². The minimum Gasteiger partial charge on any atom is -0.489 e. The van der Waals surface area contributed by atoms with E-state index in [2.05, 4.69) is 20.3 Å². The van der Waals surface area contributed by atoms with Crippen molar-refractivity contribution in [1.82, 2.24) is 29.2 Å². The summed E-state index contributed by atoms with van der Waals surface area (Å²) in [6.07, 6.45) is 10.4. The van der Waals surface area contributed by atoms with Crippen LogP contribution >= 0.6 is 0 Å². The number of piperazine rings is 1. The number of imidazole rings is 1. The molecule has 1 fully saturated rings. The normalized spacial score (nSPS) is 16.2. The molecule has 1 N–H and O–H groups in total. The van der Waals surface area contributed by atoms with Crippen LogP contribution in [-0.2, 0) is 4.79 Å². The fourth-order valence-electron chi connectivity index (χ4n) is 5.84. The highest BCUT2D eigenvalue weighted by molar-refractivity contribution is 5.96. The quantitative estimate of drug-likeness (QED) is 0.262. The van der Waals surface area contributed by atoms with E-state index in [4.69, 9.17) is 9.47 Å². The van der Waals surface area contributed by atoms with Gasteiger partial charge in [0.25, 0.3) is 0 Å². The Labute approximate surface area is 259 Å². The number of carbonyl (C=O) groups excluding carboxylic acids is 1. The first-order valence-electron chi connectivity index (χ1n) is 14.8. The SMILES string of the molecule is Cc1cc(Nc2ncnc3cc4c(c(F)c23)N2CCN(C(=O)/C=C/CN(C)C)[C@H](CO4)C2)ccc1Oc1ccn2ccnc2c1. The fourth-order valence-corrected chi connectivity index (χ4v) is 5.84. The maximum absolute atomic E-state index is 16.5. The molecular formula is C33H33FN8O3. The Kier molecular flexibility index (Phi) is 7.42. The van der Waals surface area contributed by atoms with Crippen molar-refractivity contribution in [3.8, 4) is 17.2 Å². The molecule has 230 valence electrons. The number of benzene rings is 2. The van der Waals surface area contributed by atoms with Crippen molar-refractivity contribution in [1.29, 1.82) is 0 Å². The first kappa shape index (κ1) is 28.5. The predicted molar refractivity (Wildman–Crippen MR) is 170 cm³/mol. The van der Waals surface area contributed by atoms with Crippen LogP contribution in [0.1, 0.15) is 5.56 Å². The smallest absolute Gasteiger partial charge is 0.246 e. The molecule has 45 heavy (non-hydrogen) atoms. The van der Waals surface area contributed by atoms with Crippen LogP contribution in [0.25, 0.3) is 16.6 Å². The summed E-state index contributed by atoms with van der Waals surface area (Å²) in [5.41, 5.74) is 3.20.